The first-order valence-corrected chi connectivity index (χ1v) is 15.5. The number of carbonyl (C=O) groups is 1. The van der Waals surface area contributed by atoms with E-state index < -0.39 is 6.10 Å². The molecule has 3 heterocycles. The third-order valence-electron chi connectivity index (χ3n) is 9.97. The Morgan fingerprint density at radius 3 is 2.82 bits per heavy atom. The van der Waals surface area contributed by atoms with Crippen LogP contribution in [0.5, 0.6) is 0 Å². The van der Waals surface area contributed by atoms with Crippen LogP contribution in [0.2, 0.25) is 0 Å². The van der Waals surface area contributed by atoms with Crippen LogP contribution in [0.15, 0.2) is 0 Å². The van der Waals surface area contributed by atoms with Crippen LogP contribution in [0, 0.1) is 23.7 Å². The summed E-state index contributed by atoms with van der Waals surface area (Å²) in [5, 5.41) is 20.8. The second-order valence-corrected chi connectivity index (χ2v) is 12.7. The van der Waals surface area contributed by atoms with Crippen molar-refractivity contribution in [1.29, 1.82) is 0 Å². The lowest BCUT2D eigenvalue weighted by molar-refractivity contribution is -0.126. The number of likely N-dealkylation sites (tertiary alicyclic amines) is 1. The van der Waals surface area contributed by atoms with Crippen molar-refractivity contribution >= 4 is 5.91 Å². The number of aliphatic hydroxyl groups is 1. The van der Waals surface area contributed by atoms with Crippen LogP contribution in [-0.2, 0) is 19.0 Å². The predicted molar refractivity (Wildman–Crippen MR) is 146 cm³/mol. The van der Waals surface area contributed by atoms with Crippen molar-refractivity contribution in [2.75, 3.05) is 59.3 Å². The number of nitrogens with one attached hydrogen (secondary N) is 3. The molecule has 3 aliphatic heterocycles. The number of amides is 1. The van der Waals surface area contributed by atoms with E-state index in [-0.39, 0.29) is 17.9 Å². The van der Waals surface area contributed by atoms with Crippen molar-refractivity contribution < 1.29 is 24.1 Å². The number of fused-ring (bicyclic) bond motifs is 1. The maximum absolute atomic E-state index is 12.9. The number of ether oxygens (including phenoxy) is 3. The van der Waals surface area contributed by atoms with Gasteiger partial charge in [-0.05, 0) is 75.7 Å². The molecule has 4 N–H and O–H groups in total. The number of rotatable bonds is 10. The number of carbonyl (C=O) groups excluding carboxylic acids is 1. The fourth-order valence-corrected chi connectivity index (χ4v) is 7.74. The highest BCUT2D eigenvalue weighted by Gasteiger charge is 2.41. The van der Waals surface area contributed by atoms with Crippen molar-refractivity contribution in [3.05, 3.63) is 0 Å². The van der Waals surface area contributed by atoms with Crippen LogP contribution in [0.3, 0.4) is 0 Å². The third-order valence-corrected chi connectivity index (χ3v) is 9.97. The minimum absolute atomic E-state index is 0.0550. The Morgan fingerprint density at radius 2 is 2.00 bits per heavy atom. The minimum atomic E-state index is -0.521. The summed E-state index contributed by atoms with van der Waals surface area (Å²) in [6.45, 7) is 9.32. The van der Waals surface area contributed by atoms with Gasteiger partial charge in [0.25, 0.3) is 0 Å². The van der Waals surface area contributed by atoms with E-state index in [1.807, 2.05) is 0 Å². The molecule has 0 bridgehead atoms. The molecule has 2 aliphatic carbocycles. The molecule has 38 heavy (non-hydrogen) atoms. The number of nitrogens with zero attached hydrogens (tertiary/aromatic N) is 1. The lowest BCUT2D eigenvalue weighted by atomic mass is 9.68. The molecule has 8 atom stereocenters. The highest BCUT2D eigenvalue weighted by atomic mass is 16.5. The molecular weight excluding hydrogens is 484 g/mol. The van der Waals surface area contributed by atoms with Gasteiger partial charge >= 0.3 is 0 Å². The number of hydrogen-bond acceptors (Lipinski definition) is 8. The van der Waals surface area contributed by atoms with E-state index >= 15 is 0 Å². The highest BCUT2D eigenvalue weighted by Crippen LogP contribution is 2.41. The molecule has 0 spiro atoms. The Kier molecular flexibility index (Phi) is 10.7. The normalized spacial score (nSPS) is 38.0. The van der Waals surface area contributed by atoms with Gasteiger partial charge in [-0.15, -0.1) is 0 Å². The van der Waals surface area contributed by atoms with E-state index in [0.717, 1.165) is 84.2 Å². The van der Waals surface area contributed by atoms with Gasteiger partial charge in [-0.3, -0.25) is 10.1 Å². The fraction of sp³-hybridized carbons (Fsp3) is 0.966. The number of hydrogen-bond donors (Lipinski definition) is 4. The molecule has 7 unspecified atom stereocenters. The van der Waals surface area contributed by atoms with Gasteiger partial charge in [0.05, 0.1) is 31.6 Å². The molecule has 2 saturated carbocycles. The smallest absolute Gasteiger partial charge is 0.223 e. The Morgan fingerprint density at radius 1 is 1.13 bits per heavy atom. The van der Waals surface area contributed by atoms with Crippen molar-refractivity contribution in [1.82, 2.24) is 20.9 Å². The third kappa shape index (κ3) is 7.89. The molecule has 5 fully saturated rings. The first kappa shape index (κ1) is 28.7. The highest BCUT2D eigenvalue weighted by molar-refractivity contribution is 5.78. The maximum Gasteiger partial charge on any atom is 0.223 e. The van der Waals surface area contributed by atoms with E-state index in [4.69, 9.17) is 14.2 Å². The van der Waals surface area contributed by atoms with Gasteiger partial charge in [0.2, 0.25) is 5.91 Å². The largest absolute Gasteiger partial charge is 0.390 e. The Labute approximate surface area is 229 Å². The summed E-state index contributed by atoms with van der Waals surface area (Å²) in [7, 11) is 0. The maximum atomic E-state index is 12.9. The Hall–Kier alpha value is -0.810. The Balaban J connectivity index is 0.986. The molecule has 1 amide bonds. The topological polar surface area (TPSA) is 104 Å². The van der Waals surface area contributed by atoms with Crippen LogP contribution < -0.4 is 16.0 Å². The number of piperidine rings is 1. The van der Waals surface area contributed by atoms with Gasteiger partial charge < -0.3 is 34.9 Å². The summed E-state index contributed by atoms with van der Waals surface area (Å²) in [6, 6.07) is 0.945. The zero-order valence-electron chi connectivity index (χ0n) is 23.5. The second-order valence-electron chi connectivity index (χ2n) is 12.7. The molecule has 3 saturated heterocycles. The van der Waals surface area contributed by atoms with E-state index in [1.165, 1.54) is 6.42 Å². The van der Waals surface area contributed by atoms with Crippen molar-refractivity contribution in [2.24, 2.45) is 23.7 Å². The van der Waals surface area contributed by atoms with Crippen molar-refractivity contribution in [3.8, 4) is 0 Å². The molecule has 0 aromatic heterocycles. The van der Waals surface area contributed by atoms with Crippen molar-refractivity contribution in [2.45, 2.75) is 95.1 Å². The SMILES string of the molecule is CC1C(OCC2CNCO2)CCC2CN(C[C@@H](O)CNC(=O)C3CCCC(NC4CCOCC4)C3)CCC21. The number of β-amino-alcohol motifs (C(OH)–C–C–N with tert-alkyl or cyclic N) is 1. The predicted octanol–water partition coefficient (Wildman–Crippen LogP) is 1.49. The summed E-state index contributed by atoms with van der Waals surface area (Å²) in [4.78, 5) is 15.3. The molecule has 218 valence electrons. The average molecular weight is 537 g/mol. The quantitative estimate of drug-likeness (QED) is 0.333. The summed E-state index contributed by atoms with van der Waals surface area (Å²) < 4.78 is 17.4. The fourth-order valence-electron chi connectivity index (χ4n) is 7.74. The molecule has 9 heteroatoms. The zero-order chi connectivity index (χ0) is 26.3. The lowest BCUT2D eigenvalue weighted by Crippen LogP contribution is -2.51. The molecule has 5 rings (SSSR count). The molecule has 0 aromatic rings. The van der Waals surface area contributed by atoms with E-state index in [9.17, 15) is 9.90 Å². The average Bonchev–Trinajstić information content (AvgIpc) is 3.46. The first-order chi connectivity index (χ1) is 18.5. The monoisotopic (exact) mass is 536 g/mol. The molecular formula is C29H52N4O5. The molecule has 9 nitrogen and oxygen atoms in total. The van der Waals surface area contributed by atoms with Gasteiger partial charge in [0.1, 0.15) is 0 Å². The summed E-state index contributed by atoms with van der Waals surface area (Å²) in [5.74, 6) is 2.10. The van der Waals surface area contributed by atoms with Crippen molar-refractivity contribution in [3.63, 3.8) is 0 Å². The van der Waals surface area contributed by atoms with Crippen LogP contribution >= 0.6 is 0 Å². The van der Waals surface area contributed by atoms with Crippen LogP contribution in [0.25, 0.3) is 0 Å². The standard InChI is InChI=1S/C29H52N4O5/c1-20-27-7-10-33(16-22(27)5-6-28(20)37-18-26-15-30-19-38-26)17-25(34)14-31-29(35)21-3-2-4-24(13-21)32-23-8-11-36-12-9-23/h20-28,30,32,34H,2-19H2,1H3,(H,31,35)/t20?,21?,22?,24?,25-,26?,27?,28?/m0/s1. The Bertz CT molecular complexity index is 732. The van der Waals surface area contributed by atoms with E-state index in [0.29, 0.717) is 62.4 Å². The lowest BCUT2D eigenvalue weighted by Gasteiger charge is -2.47. The van der Waals surface area contributed by atoms with Gasteiger partial charge in [0.15, 0.2) is 0 Å². The van der Waals surface area contributed by atoms with E-state index in [1.54, 1.807) is 0 Å². The van der Waals surface area contributed by atoms with Gasteiger partial charge in [-0.2, -0.15) is 0 Å². The van der Waals surface area contributed by atoms with Gasteiger partial charge in [-0.1, -0.05) is 13.3 Å². The van der Waals surface area contributed by atoms with Gasteiger partial charge in [-0.25, -0.2) is 0 Å². The summed E-state index contributed by atoms with van der Waals surface area (Å²) >= 11 is 0. The van der Waals surface area contributed by atoms with Crippen LogP contribution in [-0.4, -0.2) is 106 Å². The molecule has 0 aromatic carbocycles. The summed E-state index contributed by atoms with van der Waals surface area (Å²) in [6.07, 6.45) is 9.71. The van der Waals surface area contributed by atoms with Crippen LogP contribution in [0.4, 0.5) is 0 Å². The van der Waals surface area contributed by atoms with Gasteiger partial charge in [0, 0.05) is 57.4 Å². The molecule has 0 radical (unpaired) electrons. The molecule has 5 aliphatic rings. The summed E-state index contributed by atoms with van der Waals surface area (Å²) in [5.41, 5.74) is 0. The van der Waals surface area contributed by atoms with Crippen LogP contribution in [0.1, 0.15) is 64.7 Å². The second kappa shape index (κ2) is 14.2. The van der Waals surface area contributed by atoms with E-state index in [2.05, 4.69) is 27.8 Å². The minimum Gasteiger partial charge on any atom is -0.390 e. The zero-order valence-corrected chi connectivity index (χ0v) is 23.5. The first-order valence-electron chi connectivity index (χ1n) is 15.5. The number of aliphatic hydroxyl groups excluding tert-OH is 1.